The van der Waals surface area contributed by atoms with Gasteiger partial charge in [-0.3, -0.25) is 4.68 Å². The molecule has 0 aromatic carbocycles. The van der Waals surface area contributed by atoms with E-state index in [4.69, 9.17) is 5.73 Å². The molecule has 3 N–H and O–H groups in total. The number of rotatable bonds is 6. The van der Waals surface area contributed by atoms with Crippen LogP contribution in [0.15, 0.2) is 41.8 Å². The fourth-order valence-corrected chi connectivity index (χ4v) is 2.70. The van der Waals surface area contributed by atoms with Gasteiger partial charge in [0.15, 0.2) is 5.03 Å². The number of nitrogens with two attached hydrogens (primary N) is 1. The van der Waals surface area contributed by atoms with Gasteiger partial charge in [-0.25, -0.2) is 18.1 Å². The monoisotopic (exact) mass is 281 g/mol. The molecule has 2 rings (SSSR count). The third-order valence-electron chi connectivity index (χ3n) is 2.47. The van der Waals surface area contributed by atoms with Gasteiger partial charge in [-0.2, -0.15) is 5.10 Å². The average Bonchev–Trinajstić information content (AvgIpc) is 2.88. The molecule has 0 atom stereocenters. The van der Waals surface area contributed by atoms with Crippen molar-refractivity contribution in [2.75, 3.05) is 12.3 Å². The van der Waals surface area contributed by atoms with Gasteiger partial charge in [0.25, 0.3) is 10.0 Å². The molecule has 0 saturated heterocycles. The van der Waals surface area contributed by atoms with Crippen LogP contribution in [0.4, 0.5) is 5.69 Å². The van der Waals surface area contributed by atoms with Crippen molar-refractivity contribution in [3.05, 3.63) is 36.8 Å². The van der Waals surface area contributed by atoms with Gasteiger partial charge >= 0.3 is 0 Å². The van der Waals surface area contributed by atoms with Gasteiger partial charge in [-0.1, -0.05) is 0 Å². The Morgan fingerprint density at radius 1 is 1.32 bits per heavy atom. The van der Waals surface area contributed by atoms with E-state index >= 15 is 0 Å². The first-order valence-corrected chi connectivity index (χ1v) is 7.25. The molecule has 19 heavy (non-hydrogen) atoms. The molecule has 0 bridgehead atoms. The summed E-state index contributed by atoms with van der Waals surface area (Å²) < 4.78 is 28.1. The van der Waals surface area contributed by atoms with Crippen molar-refractivity contribution in [3.8, 4) is 0 Å². The second kappa shape index (κ2) is 5.81. The predicted octanol–water partition coefficient (Wildman–Crippen LogP) is 0.229. The Labute approximate surface area is 111 Å². The lowest BCUT2D eigenvalue weighted by Gasteiger charge is -2.07. The number of nitrogens with one attached hydrogen (secondary N) is 1. The van der Waals surface area contributed by atoms with Crippen LogP contribution in [0.2, 0.25) is 0 Å². The highest BCUT2D eigenvalue weighted by Gasteiger charge is 2.17. The molecule has 0 unspecified atom stereocenters. The molecule has 0 radical (unpaired) electrons. The maximum absolute atomic E-state index is 11.9. The van der Waals surface area contributed by atoms with Crippen molar-refractivity contribution >= 4 is 15.7 Å². The summed E-state index contributed by atoms with van der Waals surface area (Å²) in [6, 6.07) is 4.91. The standard InChI is InChI=1S/C11H15N5O2S/c12-10-4-1-5-13-11(10)19(17,18)15-7-3-9-16-8-2-6-14-16/h1-2,4-6,8,15H,3,7,9,12H2. The Balaban J connectivity index is 1.90. The lowest BCUT2D eigenvalue weighted by molar-refractivity contribution is 0.551. The Morgan fingerprint density at radius 3 is 2.84 bits per heavy atom. The van der Waals surface area contributed by atoms with E-state index in [-0.39, 0.29) is 10.7 Å². The van der Waals surface area contributed by atoms with Gasteiger partial charge in [0, 0.05) is 31.7 Å². The molecule has 0 fully saturated rings. The number of nitrogens with zero attached hydrogens (tertiary/aromatic N) is 3. The number of nitrogen functional groups attached to an aromatic ring is 1. The van der Waals surface area contributed by atoms with Crippen LogP contribution in [0.25, 0.3) is 0 Å². The van der Waals surface area contributed by atoms with Gasteiger partial charge in [0.05, 0.1) is 5.69 Å². The predicted molar refractivity (Wildman–Crippen MR) is 70.7 cm³/mol. The highest BCUT2D eigenvalue weighted by Crippen LogP contribution is 2.13. The van der Waals surface area contributed by atoms with Gasteiger partial charge in [0.1, 0.15) is 0 Å². The van der Waals surface area contributed by atoms with Crippen LogP contribution in [0.5, 0.6) is 0 Å². The van der Waals surface area contributed by atoms with Crippen molar-refractivity contribution in [1.29, 1.82) is 0 Å². The SMILES string of the molecule is Nc1cccnc1S(=O)(=O)NCCCn1cccn1. The summed E-state index contributed by atoms with van der Waals surface area (Å²) in [7, 11) is -3.65. The largest absolute Gasteiger partial charge is 0.396 e. The molecule has 102 valence electrons. The van der Waals surface area contributed by atoms with E-state index in [1.54, 1.807) is 16.9 Å². The average molecular weight is 281 g/mol. The van der Waals surface area contributed by atoms with Crippen molar-refractivity contribution < 1.29 is 8.42 Å². The van der Waals surface area contributed by atoms with Crippen molar-refractivity contribution in [2.45, 2.75) is 18.0 Å². The van der Waals surface area contributed by atoms with E-state index in [1.165, 1.54) is 12.3 Å². The molecule has 0 aliphatic rings. The van der Waals surface area contributed by atoms with Crippen molar-refractivity contribution in [2.24, 2.45) is 0 Å². The zero-order chi connectivity index (χ0) is 13.7. The highest BCUT2D eigenvalue weighted by molar-refractivity contribution is 7.89. The van der Waals surface area contributed by atoms with Crippen LogP contribution < -0.4 is 10.5 Å². The summed E-state index contributed by atoms with van der Waals surface area (Å²) in [6.45, 7) is 0.950. The van der Waals surface area contributed by atoms with Crippen LogP contribution in [-0.2, 0) is 16.6 Å². The summed E-state index contributed by atoms with van der Waals surface area (Å²) in [5.74, 6) is 0. The summed E-state index contributed by atoms with van der Waals surface area (Å²) >= 11 is 0. The molecule has 0 aliphatic carbocycles. The lowest BCUT2D eigenvalue weighted by Crippen LogP contribution is -2.27. The molecule has 2 aromatic rings. The van der Waals surface area contributed by atoms with Gasteiger partial charge in [-0.05, 0) is 24.6 Å². The number of hydrogen-bond acceptors (Lipinski definition) is 5. The number of aromatic nitrogens is 3. The Kier molecular flexibility index (Phi) is 4.13. The number of hydrogen-bond donors (Lipinski definition) is 2. The molecule has 0 spiro atoms. The minimum atomic E-state index is -3.65. The summed E-state index contributed by atoms with van der Waals surface area (Å²) in [4.78, 5) is 3.79. The van der Waals surface area contributed by atoms with E-state index in [1.807, 2.05) is 12.3 Å². The van der Waals surface area contributed by atoms with Gasteiger partial charge in [0.2, 0.25) is 0 Å². The smallest absolute Gasteiger partial charge is 0.260 e. The first-order valence-electron chi connectivity index (χ1n) is 5.77. The molecule has 0 amide bonds. The number of pyridine rings is 1. The van der Waals surface area contributed by atoms with E-state index in [2.05, 4.69) is 14.8 Å². The number of aryl methyl sites for hydroxylation is 1. The topological polar surface area (TPSA) is 103 Å². The molecular formula is C11H15N5O2S. The fourth-order valence-electron chi connectivity index (χ4n) is 1.58. The quantitative estimate of drug-likeness (QED) is 0.738. The van der Waals surface area contributed by atoms with E-state index in [0.717, 1.165) is 0 Å². The Hall–Kier alpha value is -1.93. The van der Waals surface area contributed by atoms with Crippen molar-refractivity contribution in [1.82, 2.24) is 19.5 Å². The Morgan fingerprint density at radius 2 is 2.16 bits per heavy atom. The van der Waals surface area contributed by atoms with Gasteiger partial charge in [-0.15, -0.1) is 0 Å². The van der Waals surface area contributed by atoms with E-state index in [0.29, 0.717) is 19.5 Å². The third-order valence-corrected chi connectivity index (χ3v) is 3.90. The Bertz CT molecular complexity index is 624. The molecule has 0 aliphatic heterocycles. The first kappa shape index (κ1) is 13.5. The molecule has 0 saturated carbocycles. The molecular weight excluding hydrogens is 266 g/mol. The maximum atomic E-state index is 11.9. The summed E-state index contributed by atoms with van der Waals surface area (Å²) in [5, 5.41) is 3.90. The molecule has 2 heterocycles. The lowest BCUT2D eigenvalue weighted by atomic mass is 10.4. The zero-order valence-electron chi connectivity index (χ0n) is 10.2. The molecule has 2 aromatic heterocycles. The second-order valence-corrected chi connectivity index (χ2v) is 5.60. The van der Waals surface area contributed by atoms with Crippen LogP contribution in [0, 0.1) is 0 Å². The van der Waals surface area contributed by atoms with E-state index in [9.17, 15) is 8.42 Å². The summed E-state index contributed by atoms with van der Waals surface area (Å²) in [6.07, 6.45) is 5.53. The maximum Gasteiger partial charge on any atom is 0.260 e. The number of anilines is 1. The minimum Gasteiger partial charge on any atom is -0.396 e. The van der Waals surface area contributed by atoms with Crippen LogP contribution in [-0.4, -0.2) is 29.7 Å². The van der Waals surface area contributed by atoms with Crippen LogP contribution in [0.1, 0.15) is 6.42 Å². The number of sulfonamides is 1. The second-order valence-electron chi connectivity index (χ2n) is 3.92. The molecule has 7 nitrogen and oxygen atoms in total. The first-order chi connectivity index (χ1) is 9.09. The molecule has 8 heteroatoms. The van der Waals surface area contributed by atoms with Gasteiger partial charge < -0.3 is 5.73 Å². The van der Waals surface area contributed by atoms with Crippen LogP contribution >= 0.6 is 0 Å². The van der Waals surface area contributed by atoms with E-state index < -0.39 is 10.0 Å². The normalized spacial score (nSPS) is 11.6. The zero-order valence-corrected chi connectivity index (χ0v) is 11.0. The van der Waals surface area contributed by atoms with Crippen LogP contribution in [0.3, 0.4) is 0 Å². The third kappa shape index (κ3) is 3.52. The highest BCUT2D eigenvalue weighted by atomic mass is 32.2. The fraction of sp³-hybridized carbons (Fsp3) is 0.273. The van der Waals surface area contributed by atoms with Crippen molar-refractivity contribution in [3.63, 3.8) is 0 Å². The summed E-state index contributed by atoms with van der Waals surface area (Å²) in [5.41, 5.74) is 5.73. The minimum absolute atomic E-state index is 0.130.